The van der Waals surface area contributed by atoms with E-state index in [1.54, 1.807) is 23.1 Å². The number of fused-ring (bicyclic) bond motifs is 2. The molecule has 0 saturated carbocycles. The van der Waals surface area contributed by atoms with E-state index in [2.05, 4.69) is 36.3 Å². The molecule has 1 amide bonds. The molecule has 0 aliphatic carbocycles. The summed E-state index contributed by atoms with van der Waals surface area (Å²) in [5.74, 6) is 0.251. The van der Waals surface area contributed by atoms with Crippen LogP contribution in [0.4, 0.5) is 5.69 Å². The van der Waals surface area contributed by atoms with Crippen molar-refractivity contribution in [3.05, 3.63) is 22.7 Å². The Kier molecular flexibility index (Phi) is 3.39. The normalized spacial score (nSPS) is 22.5. The number of amides is 1. The van der Waals surface area contributed by atoms with Gasteiger partial charge in [0, 0.05) is 18.0 Å². The first-order valence-electron chi connectivity index (χ1n) is 7.63. The summed E-state index contributed by atoms with van der Waals surface area (Å²) < 4.78 is 1.15. The van der Waals surface area contributed by atoms with Crippen molar-refractivity contribution in [1.82, 2.24) is 4.98 Å². The number of carbonyl (C=O) groups excluding carboxylic acids is 1. The van der Waals surface area contributed by atoms with E-state index in [0.717, 1.165) is 33.2 Å². The summed E-state index contributed by atoms with van der Waals surface area (Å²) in [7, 11) is 0. The van der Waals surface area contributed by atoms with E-state index in [9.17, 15) is 4.79 Å². The number of nitrogens with two attached hydrogens (primary N) is 1. The Morgan fingerprint density at radius 2 is 2.26 bits per heavy atom. The maximum atomic E-state index is 11.3. The van der Waals surface area contributed by atoms with Gasteiger partial charge in [-0.25, -0.2) is 4.98 Å². The van der Waals surface area contributed by atoms with Crippen molar-refractivity contribution in [2.75, 3.05) is 17.6 Å². The molecule has 1 aromatic carbocycles. The summed E-state index contributed by atoms with van der Waals surface area (Å²) in [6.07, 6.45) is 1.12. The Hall–Kier alpha value is -1.60. The fourth-order valence-corrected chi connectivity index (χ4v) is 5.16. The van der Waals surface area contributed by atoms with E-state index in [4.69, 9.17) is 10.7 Å². The zero-order chi connectivity index (χ0) is 16.2. The molecule has 0 bridgehead atoms. The SMILES string of the molecule is CC1(C)CCNc2cc3sc(C4=N[C@@H](C(N)=O)CS4)nc3cc21. The number of hydrogen-bond donors (Lipinski definition) is 2. The summed E-state index contributed by atoms with van der Waals surface area (Å²) in [6, 6.07) is 3.97. The second-order valence-electron chi connectivity index (χ2n) is 6.61. The third-order valence-corrected chi connectivity index (χ3v) is 6.69. The number of aromatic nitrogens is 1. The largest absolute Gasteiger partial charge is 0.385 e. The van der Waals surface area contributed by atoms with Crippen molar-refractivity contribution >= 4 is 50.0 Å². The maximum Gasteiger partial charge on any atom is 0.243 e. The lowest BCUT2D eigenvalue weighted by Crippen LogP contribution is -2.28. The molecule has 0 saturated heterocycles. The number of thiazole rings is 1. The molecule has 0 unspecified atom stereocenters. The zero-order valence-corrected chi connectivity index (χ0v) is 14.7. The smallest absolute Gasteiger partial charge is 0.243 e. The van der Waals surface area contributed by atoms with Crippen molar-refractivity contribution in [3.63, 3.8) is 0 Å². The highest BCUT2D eigenvalue weighted by Crippen LogP contribution is 2.40. The summed E-state index contributed by atoms with van der Waals surface area (Å²) in [6.45, 7) is 5.56. The summed E-state index contributed by atoms with van der Waals surface area (Å²) >= 11 is 3.19. The predicted molar refractivity (Wildman–Crippen MR) is 97.7 cm³/mol. The van der Waals surface area contributed by atoms with Crippen LogP contribution in [0.3, 0.4) is 0 Å². The third-order valence-electron chi connectivity index (χ3n) is 4.48. The molecule has 3 heterocycles. The number of rotatable bonds is 2. The van der Waals surface area contributed by atoms with Gasteiger partial charge in [0.15, 0.2) is 0 Å². The van der Waals surface area contributed by atoms with Crippen LogP contribution in [0.15, 0.2) is 17.1 Å². The summed E-state index contributed by atoms with van der Waals surface area (Å²) in [4.78, 5) is 20.4. The average Bonchev–Trinajstić information content (AvgIpc) is 3.11. The molecule has 4 rings (SSSR count). The molecule has 23 heavy (non-hydrogen) atoms. The molecule has 1 atom stereocenters. The van der Waals surface area contributed by atoms with Crippen LogP contribution in [0.2, 0.25) is 0 Å². The van der Waals surface area contributed by atoms with Crippen LogP contribution in [0.25, 0.3) is 10.2 Å². The van der Waals surface area contributed by atoms with E-state index >= 15 is 0 Å². The van der Waals surface area contributed by atoms with Gasteiger partial charge < -0.3 is 11.1 Å². The summed E-state index contributed by atoms with van der Waals surface area (Å²) in [5, 5.41) is 5.21. The quantitative estimate of drug-likeness (QED) is 0.876. The van der Waals surface area contributed by atoms with Gasteiger partial charge in [-0.15, -0.1) is 23.1 Å². The number of primary amides is 1. The second kappa shape index (κ2) is 5.21. The minimum Gasteiger partial charge on any atom is -0.385 e. The van der Waals surface area contributed by atoms with E-state index in [1.165, 1.54) is 11.3 Å². The first-order chi connectivity index (χ1) is 10.9. The first-order valence-corrected chi connectivity index (χ1v) is 9.43. The highest BCUT2D eigenvalue weighted by atomic mass is 32.2. The summed E-state index contributed by atoms with van der Waals surface area (Å²) in [5.41, 5.74) is 9.04. The molecular weight excluding hydrogens is 328 g/mol. The molecule has 0 fully saturated rings. The number of nitrogens with one attached hydrogen (secondary N) is 1. The van der Waals surface area contributed by atoms with Gasteiger partial charge in [-0.1, -0.05) is 13.8 Å². The molecule has 0 spiro atoms. The van der Waals surface area contributed by atoms with Gasteiger partial charge in [-0.3, -0.25) is 9.79 Å². The molecule has 2 aliphatic rings. The van der Waals surface area contributed by atoms with Gasteiger partial charge >= 0.3 is 0 Å². The number of hydrogen-bond acceptors (Lipinski definition) is 6. The van der Waals surface area contributed by atoms with Crippen molar-refractivity contribution in [3.8, 4) is 0 Å². The number of aliphatic imine (C=N–C) groups is 1. The van der Waals surface area contributed by atoms with Gasteiger partial charge in [0.2, 0.25) is 5.91 Å². The van der Waals surface area contributed by atoms with Crippen molar-refractivity contribution in [2.45, 2.75) is 31.7 Å². The second-order valence-corrected chi connectivity index (χ2v) is 8.65. The van der Waals surface area contributed by atoms with E-state index in [0.29, 0.717) is 5.75 Å². The Bertz CT molecular complexity index is 840. The molecule has 2 aliphatic heterocycles. The molecular formula is C16H18N4OS2. The highest BCUT2D eigenvalue weighted by molar-refractivity contribution is 8.15. The first kappa shape index (κ1) is 15.0. The van der Waals surface area contributed by atoms with Gasteiger partial charge in [-0.05, 0) is 29.5 Å². The van der Waals surface area contributed by atoms with Gasteiger partial charge in [-0.2, -0.15) is 0 Å². The van der Waals surface area contributed by atoms with E-state index in [-0.39, 0.29) is 11.3 Å². The van der Waals surface area contributed by atoms with E-state index in [1.807, 2.05) is 0 Å². The topological polar surface area (TPSA) is 80.4 Å². The minimum absolute atomic E-state index is 0.162. The number of nitrogens with zero attached hydrogens (tertiary/aromatic N) is 2. The van der Waals surface area contributed by atoms with Crippen molar-refractivity contribution in [1.29, 1.82) is 0 Å². The fourth-order valence-electron chi connectivity index (χ4n) is 3.05. The number of anilines is 1. The number of carbonyl (C=O) groups is 1. The average molecular weight is 346 g/mol. The van der Waals surface area contributed by atoms with Crippen LogP contribution >= 0.6 is 23.1 Å². The molecule has 5 nitrogen and oxygen atoms in total. The lowest BCUT2D eigenvalue weighted by Gasteiger charge is -2.33. The van der Waals surface area contributed by atoms with Crippen LogP contribution in [-0.4, -0.2) is 34.3 Å². The molecule has 2 aromatic rings. The van der Waals surface area contributed by atoms with Gasteiger partial charge in [0.25, 0.3) is 0 Å². The monoisotopic (exact) mass is 346 g/mol. The molecule has 120 valence electrons. The Labute approximate surface area is 142 Å². The highest BCUT2D eigenvalue weighted by Gasteiger charge is 2.29. The maximum absolute atomic E-state index is 11.3. The van der Waals surface area contributed by atoms with Crippen LogP contribution in [-0.2, 0) is 10.2 Å². The van der Waals surface area contributed by atoms with Gasteiger partial charge in [0.1, 0.15) is 16.1 Å². The standard InChI is InChI=1S/C16H18N4OS2/c1-16(2)3-4-18-9-6-12-10(5-8(9)16)19-15(23-12)14-20-11(7-22-14)13(17)21/h5-6,11,18H,3-4,7H2,1-2H3,(H2,17,21)/t11-/m1/s1. The van der Waals surface area contributed by atoms with Crippen LogP contribution in [0, 0.1) is 0 Å². The molecule has 1 aromatic heterocycles. The number of benzene rings is 1. The van der Waals surface area contributed by atoms with Crippen LogP contribution in [0.5, 0.6) is 0 Å². The Balaban J connectivity index is 1.78. The van der Waals surface area contributed by atoms with Gasteiger partial charge in [0.05, 0.1) is 10.2 Å². The Morgan fingerprint density at radius 3 is 3.00 bits per heavy atom. The molecule has 3 N–H and O–H groups in total. The van der Waals surface area contributed by atoms with Crippen LogP contribution in [0.1, 0.15) is 30.8 Å². The van der Waals surface area contributed by atoms with Crippen molar-refractivity contribution in [2.24, 2.45) is 10.7 Å². The number of thioether (sulfide) groups is 1. The minimum atomic E-state index is -0.421. The third kappa shape index (κ3) is 2.52. The van der Waals surface area contributed by atoms with Crippen LogP contribution < -0.4 is 11.1 Å². The van der Waals surface area contributed by atoms with E-state index < -0.39 is 6.04 Å². The Morgan fingerprint density at radius 1 is 1.43 bits per heavy atom. The predicted octanol–water partition coefficient (Wildman–Crippen LogP) is 2.74. The lowest BCUT2D eigenvalue weighted by atomic mass is 9.78. The lowest BCUT2D eigenvalue weighted by molar-refractivity contribution is -0.118. The molecule has 7 heteroatoms. The fraction of sp³-hybridized carbons (Fsp3) is 0.438. The molecule has 0 radical (unpaired) electrons. The van der Waals surface area contributed by atoms with Crippen molar-refractivity contribution < 1.29 is 4.79 Å². The zero-order valence-electron chi connectivity index (χ0n) is 13.0.